The minimum atomic E-state index is -0.168. The topological polar surface area (TPSA) is 63.4 Å². The summed E-state index contributed by atoms with van der Waals surface area (Å²) in [4.78, 5) is 15.0. The van der Waals surface area contributed by atoms with Gasteiger partial charge in [0.25, 0.3) is 5.56 Å². The van der Waals surface area contributed by atoms with Crippen LogP contribution in [0.25, 0.3) is 5.69 Å². The van der Waals surface area contributed by atoms with Crippen molar-refractivity contribution in [3.05, 3.63) is 68.3 Å². The fraction of sp³-hybridized carbons (Fsp3) is 0.167. The van der Waals surface area contributed by atoms with Crippen molar-refractivity contribution in [3.8, 4) is 5.69 Å². The molecule has 3 rings (SSSR count). The number of aromatic nitrogens is 2. The Hall–Kier alpha value is -2.71. The molecule has 0 amide bonds. The first kappa shape index (κ1) is 18.1. The van der Waals surface area contributed by atoms with Gasteiger partial charge >= 0.3 is 0 Å². The normalized spacial score (nSPS) is 11.0. The van der Waals surface area contributed by atoms with E-state index in [1.165, 1.54) is 4.88 Å². The highest BCUT2D eigenvalue weighted by Gasteiger charge is 2.16. The van der Waals surface area contributed by atoms with Gasteiger partial charge in [-0.2, -0.15) is 5.10 Å². The maximum Gasteiger partial charge on any atom is 0.295 e. The fourth-order valence-electron chi connectivity index (χ4n) is 2.53. The van der Waals surface area contributed by atoms with Gasteiger partial charge in [-0.05, 0) is 50.3 Å². The van der Waals surface area contributed by atoms with Crippen LogP contribution in [0.1, 0.15) is 15.4 Å². The Morgan fingerprint density at radius 2 is 1.92 bits per heavy atom. The molecule has 0 aliphatic heterocycles. The third-order valence-electron chi connectivity index (χ3n) is 3.91. The molecule has 1 aromatic carbocycles. The molecule has 0 bridgehead atoms. The first-order valence-corrected chi connectivity index (χ1v) is 9.20. The third-order valence-corrected chi connectivity index (χ3v) is 5.04. The molecule has 0 aliphatic rings. The van der Waals surface area contributed by atoms with Crippen molar-refractivity contribution >= 4 is 40.6 Å². The molecule has 6 nitrogen and oxygen atoms in total. The van der Waals surface area contributed by atoms with Gasteiger partial charge in [0.1, 0.15) is 5.69 Å². The zero-order valence-electron chi connectivity index (χ0n) is 14.7. The number of benzene rings is 1. The lowest BCUT2D eigenvalue weighted by molar-refractivity contribution is 0.630. The maximum atomic E-state index is 12.8. The number of thiophene rings is 1. The number of thiocarbonyl (C=S) groups is 1. The van der Waals surface area contributed by atoms with Crippen LogP contribution in [0.3, 0.4) is 0 Å². The van der Waals surface area contributed by atoms with Crippen LogP contribution in [-0.2, 0) is 7.05 Å². The summed E-state index contributed by atoms with van der Waals surface area (Å²) in [7, 11) is 1.84. The summed E-state index contributed by atoms with van der Waals surface area (Å²) in [5, 5.41) is 7.33. The molecule has 0 spiro atoms. The molecule has 8 heteroatoms. The van der Waals surface area contributed by atoms with Crippen molar-refractivity contribution < 1.29 is 0 Å². The fourth-order valence-corrected chi connectivity index (χ4v) is 3.44. The minimum absolute atomic E-state index is 0.168. The number of hydrogen-bond donors (Lipinski definition) is 2. The zero-order chi connectivity index (χ0) is 18.7. The molecule has 0 saturated heterocycles. The summed E-state index contributed by atoms with van der Waals surface area (Å²) >= 11 is 6.90. The first-order chi connectivity index (χ1) is 12.5. The van der Waals surface area contributed by atoms with E-state index in [0.29, 0.717) is 5.69 Å². The van der Waals surface area contributed by atoms with Crippen LogP contribution < -0.4 is 16.3 Å². The van der Waals surface area contributed by atoms with Crippen LogP contribution >= 0.6 is 23.6 Å². The molecule has 0 saturated carbocycles. The summed E-state index contributed by atoms with van der Waals surface area (Å²) in [5.74, 6) is 0. The van der Waals surface area contributed by atoms with Crippen LogP contribution in [0.15, 0.2) is 52.4 Å². The van der Waals surface area contributed by atoms with Gasteiger partial charge < -0.3 is 5.32 Å². The largest absolute Gasteiger partial charge is 0.325 e. The van der Waals surface area contributed by atoms with Crippen molar-refractivity contribution in [3.63, 3.8) is 0 Å². The van der Waals surface area contributed by atoms with Crippen LogP contribution in [-0.4, -0.2) is 20.7 Å². The van der Waals surface area contributed by atoms with E-state index < -0.39 is 0 Å². The van der Waals surface area contributed by atoms with E-state index >= 15 is 0 Å². The molecule has 134 valence electrons. The SMILES string of the molecule is Cc1ccc(/C=N\NC(=S)Nc2c(C)n(C)n(-c3ccccc3)c2=O)s1. The van der Waals surface area contributed by atoms with E-state index in [4.69, 9.17) is 12.2 Å². The second kappa shape index (κ2) is 7.67. The summed E-state index contributed by atoms with van der Waals surface area (Å²) in [6, 6.07) is 13.5. The predicted octanol–water partition coefficient (Wildman–Crippen LogP) is 3.17. The molecule has 0 fully saturated rings. The van der Waals surface area contributed by atoms with Crippen molar-refractivity contribution in [1.29, 1.82) is 0 Å². The molecule has 3 aromatic rings. The number of hydrazone groups is 1. The van der Waals surface area contributed by atoms with Gasteiger partial charge in [0.05, 0.1) is 17.6 Å². The quantitative estimate of drug-likeness (QED) is 0.411. The number of hydrogen-bond acceptors (Lipinski definition) is 4. The van der Waals surface area contributed by atoms with Gasteiger partial charge in [0.15, 0.2) is 5.11 Å². The number of aryl methyl sites for hydroxylation is 1. The lowest BCUT2D eigenvalue weighted by Crippen LogP contribution is -2.28. The smallest absolute Gasteiger partial charge is 0.295 e. The Balaban J connectivity index is 1.77. The van der Waals surface area contributed by atoms with E-state index in [1.54, 1.807) is 26.9 Å². The number of rotatable bonds is 4. The van der Waals surface area contributed by atoms with Gasteiger partial charge in [0, 0.05) is 16.8 Å². The molecule has 0 unspecified atom stereocenters. The van der Waals surface area contributed by atoms with Crippen LogP contribution in [0.5, 0.6) is 0 Å². The second-order valence-electron chi connectivity index (χ2n) is 5.71. The Kier molecular flexibility index (Phi) is 5.34. The van der Waals surface area contributed by atoms with Crippen molar-refractivity contribution in [1.82, 2.24) is 14.8 Å². The van der Waals surface area contributed by atoms with Crippen LogP contribution in [0.4, 0.5) is 5.69 Å². The average Bonchev–Trinajstić information content (AvgIpc) is 3.13. The standard InChI is InChI=1S/C18H19N5OS2/c1-12-9-10-15(26-12)11-19-21-18(25)20-16-13(2)22(3)23(17(16)24)14-7-5-4-6-8-14/h4-11H,1-3H3,(H2,20,21,25)/b19-11-. The summed E-state index contributed by atoms with van der Waals surface area (Å²) in [6.45, 7) is 3.90. The second-order valence-corrected chi connectivity index (χ2v) is 7.44. The van der Waals surface area contributed by atoms with Crippen molar-refractivity contribution in [2.75, 3.05) is 5.32 Å². The van der Waals surface area contributed by atoms with Crippen molar-refractivity contribution in [2.24, 2.45) is 12.1 Å². The number of nitrogens with zero attached hydrogens (tertiary/aromatic N) is 3. The molecule has 2 heterocycles. The Morgan fingerprint density at radius 3 is 2.58 bits per heavy atom. The molecule has 0 aliphatic carbocycles. The highest BCUT2D eigenvalue weighted by atomic mass is 32.1. The van der Waals surface area contributed by atoms with Gasteiger partial charge in [-0.1, -0.05) is 18.2 Å². The predicted molar refractivity (Wildman–Crippen MR) is 112 cm³/mol. The highest BCUT2D eigenvalue weighted by molar-refractivity contribution is 7.80. The maximum absolute atomic E-state index is 12.8. The van der Waals surface area contributed by atoms with Gasteiger partial charge in [0.2, 0.25) is 0 Å². The lowest BCUT2D eigenvalue weighted by Gasteiger charge is -2.07. The number of anilines is 1. The van der Waals surface area contributed by atoms with E-state index in [9.17, 15) is 4.79 Å². The van der Waals surface area contributed by atoms with Crippen molar-refractivity contribution in [2.45, 2.75) is 13.8 Å². The van der Waals surface area contributed by atoms with E-state index in [2.05, 4.69) is 15.8 Å². The third kappa shape index (κ3) is 3.76. The summed E-state index contributed by atoms with van der Waals surface area (Å²) in [5.41, 5.74) is 4.58. The Labute approximate surface area is 160 Å². The Bertz CT molecular complexity index is 1010. The summed E-state index contributed by atoms with van der Waals surface area (Å²) < 4.78 is 3.39. The van der Waals surface area contributed by atoms with Crippen LogP contribution in [0.2, 0.25) is 0 Å². The Morgan fingerprint density at radius 1 is 1.19 bits per heavy atom. The molecular weight excluding hydrogens is 366 g/mol. The van der Waals surface area contributed by atoms with Gasteiger partial charge in [-0.15, -0.1) is 11.3 Å². The number of para-hydroxylation sites is 1. The molecule has 26 heavy (non-hydrogen) atoms. The number of nitrogens with one attached hydrogen (secondary N) is 2. The van der Waals surface area contributed by atoms with E-state index in [0.717, 1.165) is 16.3 Å². The van der Waals surface area contributed by atoms with Gasteiger partial charge in [-0.3, -0.25) is 14.9 Å². The highest BCUT2D eigenvalue weighted by Crippen LogP contribution is 2.14. The van der Waals surface area contributed by atoms with E-state index in [1.807, 2.05) is 63.4 Å². The molecule has 2 N–H and O–H groups in total. The monoisotopic (exact) mass is 385 g/mol. The molecule has 0 atom stereocenters. The molecule has 2 aromatic heterocycles. The van der Waals surface area contributed by atoms with E-state index in [-0.39, 0.29) is 10.7 Å². The average molecular weight is 386 g/mol. The minimum Gasteiger partial charge on any atom is -0.325 e. The molecule has 0 radical (unpaired) electrons. The van der Waals surface area contributed by atoms with Crippen LogP contribution in [0, 0.1) is 13.8 Å². The molecular formula is C18H19N5OS2. The summed E-state index contributed by atoms with van der Waals surface area (Å²) in [6.07, 6.45) is 1.70. The first-order valence-electron chi connectivity index (χ1n) is 7.98. The lowest BCUT2D eigenvalue weighted by atomic mass is 10.3. The van der Waals surface area contributed by atoms with Gasteiger partial charge in [-0.25, -0.2) is 4.68 Å². The zero-order valence-corrected chi connectivity index (χ0v) is 16.3.